The molecule has 0 radical (unpaired) electrons. The molecule has 0 aromatic heterocycles. The number of rotatable bonds is 7. The van der Waals surface area contributed by atoms with Crippen LogP contribution in [0.5, 0.6) is 0 Å². The number of nitriles is 1. The van der Waals surface area contributed by atoms with E-state index in [0.717, 1.165) is 26.9 Å². The van der Waals surface area contributed by atoms with Crippen molar-refractivity contribution in [2.45, 2.75) is 25.3 Å². The number of nitrogens with zero attached hydrogens (tertiary/aromatic N) is 4. The molecule has 2 heterocycles. The number of carbonyl (C=O) groups excluding carboxylic acids is 2. The van der Waals surface area contributed by atoms with E-state index >= 15 is 0 Å². The molecule has 3 aromatic rings. The number of amides is 2. The first kappa shape index (κ1) is 28.1. The van der Waals surface area contributed by atoms with Crippen molar-refractivity contribution in [3.63, 3.8) is 0 Å². The topological polar surface area (TPSA) is 110 Å². The lowest BCUT2D eigenvalue weighted by Gasteiger charge is -2.17. The maximum Gasteiger partial charge on any atom is 0.411 e. The number of hydrogen-bond acceptors (Lipinski definition) is 9. The number of benzene rings is 3. The minimum absolute atomic E-state index is 0.147. The third kappa shape index (κ3) is 6.04. The van der Waals surface area contributed by atoms with Crippen molar-refractivity contribution in [3.8, 4) is 6.07 Å². The van der Waals surface area contributed by atoms with E-state index in [1.807, 2.05) is 73.5 Å². The van der Waals surface area contributed by atoms with E-state index in [1.54, 1.807) is 24.0 Å². The molecule has 0 unspecified atom stereocenters. The summed E-state index contributed by atoms with van der Waals surface area (Å²) in [6.07, 6.45) is -0.515. The van der Waals surface area contributed by atoms with E-state index in [-0.39, 0.29) is 12.5 Å². The van der Waals surface area contributed by atoms with E-state index in [9.17, 15) is 14.9 Å². The third-order valence-corrected chi connectivity index (χ3v) is 8.72. The van der Waals surface area contributed by atoms with Gasteiger partial charge in [-0.3, -0.25) is 15.0 Å². The minimum atomic E-state index is -0.515. The molecule has 1 saturated heterocycles. The SMILES string of the molecule is CCNc1ccc(C#N)cc1N=C1SC(=C2Sc3cc(NC(=O)OCC)ccc3N2C)C(=O)N1Cc1ccccc1. The first-order valence-electron chi connectivity index (χ1n) is 13.1. The van der Waals surface area contributed by atoms with Crippen molar-refractivity contribution in [1.82, 2.24) is 4.90 Å². The molecule has 0 spiro atoms. The molecule has 0 saturated carbocycles. The monoisotopic (exact) mass is 584 g/mol. The number of aliphatic imine (C=N–C) groups is 1. The second kappa shape index (κ2) is 12.4. The summed E-state index contributed by atoms with van der Waals surface area (Å²) < 4.78 is 5.00. The van der Waals surface area contributed by atoms with Gasteiger partial charge < -0.3 is 15.0 Å². The smallest absolute Gasteiger partial charge is 0.411 e. The summed E-state index contributed by atoms with van der Waals surface area (Å²) in [5.41, 5.74) is 4.38. The molecule has 0 atom stereocenters. The number of ether oxygens (including phenoxy) is 1. The number of thioether (sulfide) groups is 2. The Balaban J connectivity index is 1.53. The van der Waals surface area contributed by atoms with Gasteiger partial charge in [0.15, 0.2) is 5.17 Å². The van der Waals surface area contributed by atoms with E-state index < -0.39 is 6.09 Å². The normalized spacial score (nSPS) is 17.0. The summed E-state index contributed by atoms with van der Waals surface area (Å²) in [6.45, 7) is 5.06. The van der Waals surface area contributed by atoms with Gasteiger partial charge in [0.05, 0.1) is 46.9 Å². The zero-order valence-electron chi connectivity index (χ0n) is 22.8. The van der Waals surface area contributed by atoms with Gasteiger partial charge in [0.25, 0.3) is 5.91 Å². The van der Waals surface area contributed by atoms with Crippen molar-refractivity contribution >= 4 is 63.4 Å². The average molecular weight is 585 g/mol. The summed E-state index contributed by atoms with van der Waals surface area (Å²) in [6, 6.07) is 22.9. The minimum Gasteiger partial charge on any atom is -0.450 e. The Labute approximate surface area is 247 Å². The van der Waals surface area contributed by atoms with Gasteiger partial charge in [-0.2, -0.15) is 5.26 Å². The fraction of sp³-hybridized carbons (Fsp3) is 0.200. The summed E-state index contributed by atoms with van der Waals surface area (Å²) >= 11 is 2.79. The van der Waals surface area contributed by atoms with Crippen LogP contribution in [0.1, 0.15) is 25.0 Å². The second-order valence-corrected chi connectivity index (χ2v) is 11.1. The highest BCUT2D eigenvalue weighted by Gasteiger charge is 2.39. The van der Waals surface area contributed by atoms with Crippen molar-refractivity contribution in [2.24, 2.45) is 4.99 Å². The predicted molar refractivity (Wildman–Crippen MR) is 165 cm³/mol. The van der Waals surface area contributed by atoms with Crippen LogP contribution < -0.4 is 15.5 Å². The fourth-order valence-corrected chi connectivity index (χ4v) is 6.75. The quantitative estimate of drug-likeness (QED) is 0.294. The Morgan fingerprint density at radius 3 is 2.61 bits per heavy atom. The zero-order valence-corrected chi connectivity index (χ0v) is 24.4. The molecule has 2 amide bonds. The standard InChI is InChI=1S/C30H28N6O3S2/c1-4-32-22-13-11-20(17-31)15-23(22)34-29-36(18-19-9-7-6-8-10-19)27(37)26(41-29)28-35(3)24-14-12-21(16-25(24)40-28)33-30(38)39-5-2/h6-16,32H,4-5,18H2,1-3H3,(H,33,38). The fourth-order valence-electron chi connectivity index (χ4n) is 4.38. The Morgan fingerprint density at radius 1 is 1.07 bits per heavy atom. The number of nitrogens with one attached hydrogen (secondary N) is 2. The molecule has 1 fully saturated rings. The van der Waals surface area contributed by atoms with Crippen LogP contribution in [0.25, 0.3) is 0 Å². The maximum atomic E-state index is 14.0. The Bertz CT molecular complexity index is 1600. The van der Waals surface area contributed by atoms with Gasteiger partial charge in [-0.1, -0.05) is 42.1 Å². The number of anilines is 3. The summed E-state index contributed by atoms with van der Waals surface area (Å²) in [5, 5.41) is 16.8. The lowest BCUT2D eigenvalue weighted by Crippen LogP contribution is -2.29. The molecule has 208 valence electrons. The molecule has 9 nitrogen and oxygen atoms in total. The number of carbonyl (C=O) groups is 2. The summed E-state index contributed by atoms with van der Waals surface area (Å²) in [7, 11) is 1.92. The Morgan fingerprint density at radius 2 is 1.88 bits per heavy atom. The maximum absolute atomic E-state index is 14.0. The Hall–Kier alpha value is -4.40. The van der Waals surface area contributed by atoms with Gasteiger partial charge in [-0.15, -0.1) is 0 Å². The average Bonchev–Trinajstić information content (AvgIpc) is 3.45. The largest absolute Gasteiger partial charge is 0.450 e. The highest BCUT2D eigenvalue weighted by Crippen LogP contribution is 2.51. The predicted octanol–water partition coefficient (Wildman–Crippen LogP) is 6.73. The van der Waals surface area contributed by atoms with Crippen LogP contribution in [0.3, 0.4) is 0 Å². The molecule has 41 heavy (non-hydrogen) atoms. The van der Waals surface area contributed by atoms with Crippen LogP contribution in [0.4, 0.5) is 27.5 Å². The molecular formula is C30H28N6O3S2. The zero-order chi connectivity index (χ0) is 28.9. The van der Waals surface area contributed by atoms with E-state index in [2.05, 4.69) is 16.7 Å². The van der Waals surface area contributed by atoms with Crippen LogP contribution in [0.2, 0.25) is 0 Å². The van der Waals surface area contributed by atoms with Crippen LogP contribution in [0, 0.1) is 11.3 Å². The first-order valence-corrected chi connectivity index (χ1v) is 14.7. The van der Waals surface area contributed by atoms with E-state index in [1.165, 1.54) is 23.5 Å². The number of hydrogen-bond donors (Lipinski definition) is 2. The van der Waals surface area contributed by atoms with Gasteiger partial charge in [0.2, 0.25) is 0 Å². The van der Waals surface area contributed by atoms with Gasteiger partial charge in [0.1, 0.15) is 4.91 Å². The molecular weight excluding hydrogens is 557 g/mol. The highest BCUT2D eigenvalue weighted by atomic mass is 32.2. The van der Waals surface area contributed by atoms with Crippen molar-refractivity contribution < 1.29 is 14.3 Å². The molecule has 0 bridgehead atoms. The lowest BCUT2D eigenvalue weighted by molar-refractivity contribution is -0.122. The van der Waals surface area contributed by atoms with Gasteiger partial charge >= 0.3 is 6.09 Å². The van der Waals surface area contributed by atoms with Crippen molar-refractivity contribution in [2.75, 3.05) is 35.7 Å². The van der Waals surface area contributed by atoms with Crippen molar-refractivity contribution in [1.29, 1.82) is 5.26 Å². The molecule has 5 rings (SSSR count). The first-order chi connectivity index (χ1) is 19.9. The molecule has 0 aliphatic carbocycles. The Kier molecular flexibility index (Phi) is 8.52. The lowest BCUT2D eigenvalue weighted by atomic mass is 10.2. The molecule has 3 aromatic carbocycles. The molecule has 11 heteroatoms. The summed E-state index contributed by atoms with van der Waals surface area (Å²) in [4.78, 5) is 36.0. The highest BCUT2D eigenvalue weighted by molar-refractivity contribution is 8.19. The van der Waals surface area contributed by atoms with Crippen LogP contribution >= 0.6 is 23.5 Å². The van der Waals surface area contributed by atoms with Gasteiger partial charge in [-0.25, -0.2) is 9.79 Å². The van der Waals surface area contributed by atoms with Crippen LogP contribution in [0.15, 0.2) is 86.6 Å². The molecule has 2 N–H and O–H groups in total. The number of fused-ring (bicyclic) bond motifs is 1. The van der Waals surface area contributed by atoms with Crippen molar-refractivity contribution in [3.05, 3.63) is 87.8 Å². The third-order valence-electron chi connectivity index (χ3n) is 6.31. The summed E-state index contributed by atoms with van der Waals surface area (Å²) in [5.74, 6) is -0.147. The van der Waals surface area contributed by atoms with Crippen LogP contribution in [-0.4, -0.2) is 42.3 Å². The van der Waals surface area contributed by atoms with E-state index in [0.29, 0.717) is 40.1 Å². The van der Waals surface area contributed by atoms with Gasteiger partial charge in [-0.05, 0) is 67.6 Å². The molecule has 2 aliphatic rings. The van der Waals surface area contributed by atoms with Crippen LogP contribution in [-0.2, 0) is 16.1 Å². The number of amidine groups is 1. The van der Waals surface area contributed by atoms with Gasteiger partial charge in [0, 0.05) is 24.2 Å². The molecule has 2 aliphatic heterocycles. The second-order valence-electron chi connectivity index (χ2n) is 9.07. The van der Waals surface area contributed by atoms with E-state index in [4.69, 9.17) is 9.73 Å².